The van der Waals surface area contributed by atoms with Gasteiger partial charge < -0.3 is 31.5 Å². The molecule has 0 unspecified atom stereocenters. The van der Waals surface area contributed by atoms with Crippen molar-refractivity contribution in [1.29, 1.82) is 0 Å². The van der Waals surface area contributed by atoms with Crippen molar-refractivity contribution in [3.05, 3.63) is 71.8 Å². The van der Waals surface area contributed by atoms with Crippen molar-refractivity contribution in [1.82, 2.24) is 21.3 Å². The molecule has 4 amide bonds. The molecule has 0 saturated heterocycles. The number of unbranched alkanes of at least 4 members (excludes halogenated alkanes) is 17. The number of phenolic OH excluding ortho intramolecular Hbond substituents is 2. The molecule has 62 heavy (non-hydrogen) atoms. The molecule has 2 aromatic carbocycles. The predicted molar refractivity (Wildman–Crippen MR) is 262 cm³/mol. The van der Waals surface area contributed by atoms with Crippen molar-refractivity contribution in [3.63, 3.8) is 0 Å². The number of nitrogens with one attached hydrogen (secondary N) is 4. The number of thioether (sulfide) groups is 2. The van der Waals surface area contributed by atoms with Crippen LogP contribution < -0.4 is 21.3 Å². The van der Waals surface area contributed by atoms with E-state index < -0.39 is 0 Å². The lowest BCUT2D eigenvalue weighted by atomic mass is 10.1. The second-order valence-electron chi connectivity index (χ2n) is 15.2. The first kappa shape index (κ1) is 55.9. The van der Waals surface area contributed by atoms with Crippen molar-refractivity contribution in [2.24, 2.45) is 0 Å². The van der Waals surface area contributed by atoms with Crippen molar-refractivity contribution in [3.8, 4) is 23.3 Å². The van der Waals surface area contributed by atoms with E-state index in [1.165, 1.54) is 115 Å². The average molecular weight is 895 g/mol. The van der Waals surface area contributed by atoms with Crippen LogP contribution in [0, 0.1) is 11.8 Å². The molecule has 0 radical (unpaired) electrons. The first-order chi connectivity index (χ1) is 30.3. The van der Waals surface area contributed by atoms with E-state index in [9.17, 15) is 29.4 Å². The number of rotatable bonds is 35. The zero-order chi connectivity index (χ0) is 45.1. The minimum Gasteiger partial charge on any atom is -0.507 e. The summed E-state index contributed by atoms with van der Waals surface area (Å²) in [5.41, 5.74) is 0.476. The van der Waals surface area contributed by atoms with Crippen molar-refractivity contribution < 1.29 is 29.4 Å². The molecule has 2 rings (SSSR count). The van der Waals surface area contributed by atoms with Gasteiger partial charge in [0.2, 0.25) is 11.8 Å². The predicted octanol–water partition coefficient (Wildman–Crippen LogP) is 10.3. The molecule has 346 valence electrons. The number of benzene rings is 2. The lowest BCUT2D eigenvalue weighted by Gasteiger charge is -2.08. The molecular weight excluding hydrogens is 817 g/mol. The Balaban J connectivity index is 0.000000620. The molecule has 0 atom stereocenters. The SMILES string of the molecule is CC#CCCCCCCCCCCCSCC(=O)NCCNC(=O)c1ccccc1O.CCCCCCC/C=C\CCCCCSCC(=O)NCCNC(=O)c1ccccc1O. The highest BCUT2D eigenvalue weighted by Gasteiger charge is 2.11. The van der Waals surface area contributed by atoms with Gasteiger partial charge in [0, 0.05) is 32.6 Å². The molecule has 2 aromatic rings. The molecule has 0 spiro atoms. The smallest absolute Gasteiger partial charge is 0.255 e. The fraction of sp³-hybridized carbons (Fsp3) is 0.600. The van der Waals surface area contributed by atoms with Gasteiger partial charge in [-0.25, -0.2) is 0 Å². The quantitative estimate of drug-likeness (QED) is 0.0227. The first-order valence-electron chi connectivity index (χ1n) is 23.2. The monoisotopic (exact) mass is 895 g/mol. The van der Waals surface area contributed by atoms with Crippen LogP contribution in [-0.2, 0) is 9.59 Å². The summed E-state index contributed by atoms with van der Waals surface area (Å²) in [6.07, 6.45) is 29.9. The Hall–Kier alpha value is -4.08. The molecule has 10 nitrogen and oxygen atoms in total. The number of hydrogen-bond donors (Lipinski definition) is 6. The molecule has 0 aliphatic carbocycles. The Bertz CT molecular complexity index is 1580. The number of allylic oxidation sites excluding steroid dienone is 2. The second-order valence-corrected chi connectivity index (χ2v) is 17.4. The van der Waals surface area contributed by atoms with Gasteiger partial charge in [0.15, 0.2) is 0 Å². The van der Waals surface area contributed by atoms with E-state index in [2.05, 4.69) is 52.2 Å². The fourth-order valence-corrected chi connectivity index (χ4v) is 7.91. The van der Waals surface area contributed by atoms with Gasteiger partial charge in [0.05, 0.1) is 22.6 Å². The zero-order valence-corrected chi connectivity index (χ0v) is 39.5. The number of para-hydroxylation sites is 2. The van der Waals surface area contributed by atoms with Gasteiger partial charge in [0.25, 0.3) is 11.8 Å². The molecular formula is C50H78N4O6S2. The molecule has 12 heteroatoms. The third-order valence-corrected chi connectivity index (χ3v) is 11.9. The van der Waals surface area contributed by atoms with Gasteiger partial charge in [-0.05, 0) is 87.6 Å². The largest absolute Gasteiger partial charge is 0.507 e. The first-order valence-corrected chi connectivity index (χ1v) is 25.5. The third-order valence-electron chi connectivity index (χ3n) is 9.80. The summed E-state index contributed by atoms with van der Waals surface area (Å²) < 4.78 is 0. The maximum atomic E-state index is 11.9. The normalized spacial score (nSPS) is 10.6. The molecule has 0 aliphatic rings. The molecule has 6 N–H and O–H groups in total. The van der Waals surface area contributed by atoms with Crippen molar-refractivity contribution in [2.45, 2.75) is 142 Å². The summed E-state index contributed by atoms with van der Waals surface area (Å²) in [6.45, 7) is 5.57. The zero-order valence-electron chi connectivity index (χ0n) is 37.9. The van der Waals surface area contributed by atoms with Crippen molar-refractivity contribution in [2.75, 3.05) is 49.2 Å². The maximum absolute atomic E-state index is 11.9. The summed E-state index contributed by atoms with van der Waals surface area (Å²) in [5.74, 6) is 8.17. The highest BCUT2D eigenvalue weighted by atomic mass is 32.2. The summed E-state index contributed by atoms with van der Waals surface area (Å²) >= 11 is 3.32. The van der Waals surface area contributed by atoms with Crippen LogP contribution in [0.3, 0.4) is 0 Å². The molecule has 0 heterocycles. The number of carbonyl (C=O) groups is 4. The van der Waals surface area contributed by atoms with E-state index in [4.69, 9.17) is 0 Å². The Morgan fingerprint density at radius 1 is 0.532 bits per heavy atom. The minimum atomic E-state index is -0.344. The standard InChI is InChI=1S/C25H40N2O3S.C25H38N2O3S/c2*1-2-3-4-5-6-7-8-9-10-11-12-15-20-31-21-24(29)26-18-19-27-25(30)22-16-13-14-17-23(22)28/h8-9,13-14,16-17,28H,2-7,10-12,15,18-21H2,1H3,(H,26,29)(H,27,30);13-14,16-17,28H,4-12,15,18-21H2,1H3,(H,26,29)(H,27,30)/b9-8-;. The number of amides is 4. The lowest BCUT2D eigenvalue weighted by molar-refractivity contribution is -0.119. The van der Waals surface area contributed by atoms with Gasteiger partial charge in [-0.3, -0.25) is 19.2 Å². The second kappa shape index (κ2) is 41.0. The van der Waals surface area contributed by atoms with E-state index in [0.717, 1.165) is 37.2 Å². The van der Waals surface area contributed by atoms with Crippen LogP contribution >= 0.6 is 23.5 Å². The van der Waals surface area contributed by atoms with E-state index >= 15 is 0 Å². The summed E-state index contributed by atoms with van der Waals surface area (Å²) in [4.78, 5) is 47.5. The molecule has 0 bridgehead atoms. The Labute approximate surface area is 382 Å². The average Bonchev–Trinajstić information content (AvgIpc) is 3.27. The van der Waals surface area contributed by atoms with Crippen LogP contribution in [0.25, 0.3) is 0 Å². The number of carbonyl (C=O) groups excluding carboxylic acids is 4. The van der Waals surface area contributed by atoms with Gasteiger partial charge in [-0.2, -0.15) is 23.5 Å². The number of hydrogen-bond acceptors (Lipinski definition) is 8. The molecule has 0 aliphatic heterocycles. The van der Waals surface area contributed by atoms with Gasteiger partial charge >= 0.3 is 0 Å². The van der Waals surface area contributed by atoms with Gasteiger partial charge in [-0.1, -0.05) is 120 Å². The van der Waals surface area contributed by atoms with Crippen molar-refractivity contribution >= 4 is 47.2 Å². The highest BCUT2D eigenvalue weighted by molar-refractivity contribution is 8.00. The number of phenols is 2. The van der Waals surface area contributed by atoms with E-state index in [1.54, 1.807) is 59.9 Å². The lowest BCUT2D eigenvalue weighted by Crippen LogP contribution is -2.35. The van der Waals surface area contributed by atoms with Crippen LogP contribution in [0.1, 0.15) is 163 Å². The molecule has 0 saturated carbocycles. The van der Waals surface area contributed by atoms with E-state index in [0.29, 0.717) is 37.7 Å². The van der Waals surface area contributed by atoms with E-state index in [-0.39, 0.29) is 46.3 Å². The molecule has 0 aromatic heterocycles. The van der Waals surface area contributed by atoms with Gasteiger partial charge in [0.1, 0.15) is 11.5 Å². The number of aromatic hydroxyl groups is 2. The third kappa shape index (κ3) is 32.6. The highest BCUT2D eigenvalue weighted by Crippen LogP contribution is 2.16. The summed E-state index contributed by atoms with van der Waals surface area (Å²) in [6, 6.07) is 12.8. The van der Waals surface area contributed by atoms with Crippen LogP contribution in [0.5, 0.6) is 11.5 Å². The summed E-state index contributed by atoms with van der Waals surface area (Å²) in [5, 5.41) is 30.3. The van der Waals surface area contributed by atoms with Crippen LogP contribution in [0.2, 0.25) is 0 Å². The van der Waals surface area contributed by atoms with Crippen LogP contribution in [0.15, 0.2) is 60.7 Å². The Morgan fingerprint density at radius 2 is 0.919 bits per heavy atom. The topological polar surface area (TPSA) is 157 Å². The Morgan fingerprint density at radius 3 is 1.37 bits per heavy atom. The molecule has 0 fully saturated rings. The van der Waals surface area contributed by atoms with Crippen LogP contribution in [-0.4, -0.2) is 83.0 Å². The minimum absolute atomic E-state index is 0.00766. The van der Waals surface area contributed by atoms with Crippen LogP contribution in [0.4, 0.5) is 0 Å². The fourth-order valence-electron chi connectivity index (χ4n) is 6.23. The maximum Gasteiger partial charge on any atom is 0.255 e. The van der Waals surface area contributed by atoms with E-state index in [1.807, 2.05) is 6.92 Å². The van der Waals surface area contributed by atoms with Gasteiger partial charge in [-0.15, -0.1) is 11.8 Å². The summed E-state index contributed by atoms with van der Waals surface area (Å²) in [7, 11) is 0. The Kier molecular flexibility index (Phi) is 37.0.